The van der Waals surface area contributed by atoms with Crippen molar-refractivity contribution in [3.05, 3.63) is 65.0 Å². The van der Waals surface area contributed by atoms with Crippen LogP contribution in [0, 0.1) is 0 Å². The molecule has 0 radical (unpaired) electrons. The van der Waals surface area contributed by atoms with Gasteiger partial charge in [0.05, 0.1) is 18.5 Å². The molecule has 0 bridgehead atoms. The average molecular weight is 475 g/mol. The van der Waals surface area contributed by atoms with Gasteiger partial charge in [0.25, 0.3) is 5.91 Å². The molecule has 178 valence electrons. The van der Waals surface area contributed by atoms with E-state index in [1.165, 1.54) is 34.7 Å². The molecule has 1 amide bonds. The van der Waals surface area contributed by atoms with Crippen molar-refractivity contribution in [2.24, 2.45) is 5.10 Å². The lowest BCUT2D eigenvalue weighted by Gasteiger charge is -2.31. The number of hydrazone groups is 1. The van der Waals surface area contributed by atoms with E-state index in [0.717, 1.165) is 25.1 Å². The van der Waals surface area contributed by atoms with Gasteiger partial charge in [0.2, 0.25) is 11.6 Å². The van der Waals surface area contributed by atoms with Crippen molar-refractivity contribution >= 4 is 23.6 Å². The van der Waals surface area contributed by atoms with E-state index in [-0.39, 0.29) is 28.8 Å². The predicted octanol–water partition coefficient (Wildman–Crippen LogP) is 1.36. The summed E-state index contributed by atoms with van der Waals surface area (Å²) in [4.78, 5) is 15.1. The number of anilines is 2. The SMILES string of the molecule is Nc1nonc1-n1nnc(C(=O)N/N=C\c2ccc(O)cc2O)c1CN1CCCc2ccccc21. The highest BCUT2D eigenvalue weighted by molar-refractivity contribution is 5.94. The van der Waals surface area contributed by atoms with E-state index in [9.17, 15) is 15.0 Å². The second kappa shape index (κ2) is 9.13. The van der Waals surface area contributed by atoms with E-state index in [2.05, 4.69) is 42.1 Å². The molecular weight excluding hydrogens is 454 g/mol. The first-order chi connectivity index (χ1) is 17.0. The molecule has 1 aliphatic heterocycles. The number of aromatic nitrogens is 5. The molecule has 0 fully saturated rings. The number of phenolic OH excluding ortho intramolecular Hbond substituents is 2. The van der Waals surface area contributed by atoms with Crippen LogP contribution in [0.2, 0.25) is 0 Å². The van der Waals surface area contributed by atoms with Crippen molar-refractivity contribution in [1.82, 2.24) is 30.7 Å². The van der Waals surface area contributed by atoms with Crippen LogP contribution in [0.4, 0.5) is 11.5 Å². The molecule has 4 aromatic rings. The molecule has 0 saturated heterocycles. The number of nitrogens with one attached hydrogen (secondary N) is 1. The summed E-state index contributed by atoms with van der Waals surface area (Å²) >= 11 is 0. The van der Waals surface area contributed by atoms with E-state index in [4.69, 9.17) is 10.4 Å². The normalized spacial score (nSPS) is 13.2. The van der Waals surface area contributed by atoms with Crippen molar-refractivity contribution in [3.63, 3.8) is 0 Å². The minimum atomic E-state index is -0.624. The summed E-state index contributed by atoms with van der Waals surface area (Å²) < 4.78 is 6.04. The van der Waals surface area contributed by atoms with Gasteiger partial charge in [-0.1, -0.05) is 23.4 Å². The van der Waals surface area contributed by atoms with Crippen LogP contribution in [-0.4, -0.2) is 54.2 Å². The molecular formula is C22H21N9O4. The molecule has 5 rings (SSSR count). The summed E-state index contributed by atoms with van der Waals surface area (Å²) in [5, 5.41) is 38.7. The van der Waals surface area contributed by atoms with E-state index in [1.807, 2.05) is 18.2 Å². The van der Waals surface area contributed by atoms with Crippen LogP contribution >= 0.6 is 0 Å². The number of hydrogen-bond acceptors (Lipinski definition) is 11. The molecule has 0 spiro atoms. The number of fused-ring (bicyclic) bond motifs is 1. The van der Waals surface area contributed by atoms with Crippen molar-refractivity contribution in [3.8, 4) is 17.3 Å². The number of nitrogens with zero attached hydrogens (tertiary/aromatic N) is 7. The quantitative estimate of drug-likeness (QED) is 0.235. The molecule has 3 heterocycles. The average Bonchev–Trinajstić information content (AvgIpc) is 3.46. The lowest BCUT2D eigenvalue weighted by molar-refractivity contribution is 0.0949. The van der Waals surface area contributed by atoms with Crippen LogP contribution < -0.4 is 16.1 Å². The highest BCUT2D eigenvalue weighted by atomic mass is 16.6. The van der Waals surface area contributed by atoms with Gasteiger partial charge in [0.15, 0.2) is 5.69 Å². The van der Waals surface area contributed by atoms with Gasteiger partial charge in [-0.3, -0.25) is 4.79 Å². The lowest BCUT2D eigenvalue weighted by atomic mass is 10.0. The zero-order valence-corrected chi connectivity index (χ0v) is 18.4. The first-order valence-corrected chi connectivity index (χ1v) is 10.7. The molecule has 2 aromatic carbocycles. The number of rotatable bonds is 6. The Hall–Kier alpha value is -4.94. The first kappa shape index (κ1) is 21.9. The number of aryl methyl sites for hydroxylation is 1. The predicted molar refractivity (Wildman–Crippen MR) is 124 cm³/mol. The van der Waals surface area contributed by atoms with Gasteiger partial charge in [0.1, 0.15) is 11.5 Å². The van der Waals surface area contributed by atoms with Crippen LogP contribution in [0.1, 0.15) is 33.7 Å². The molecule has 35 heavy (non-hydrogen) atoms. The molecule has 13 heteroatoms. The maximum Gasteiger partial charge on any atom is 0.293 e. The van der Waals surface area contributed by atoms with Gasteiger partial charge in [-0.05, 0) is 46.9 Å². The fourth-order valence-electron chi connectivity index (χ4n) is 3.94. The Morgan fingerprint density at radius 1 is 1.23 bits per heavy atom. The number of nitrogen functional groups attached to an aromatic ring is 1. The fraction of sp³-hybridized carbons (Fsp3) is 0.182. The Bertz CT molecular complexity index is 1410. The number of carbonyl (C=O) groups excluding carboxylic acids is 1. The van der Waals surface area contributed by atoms with E-state index < -0.39 is 5.91 Å². The molecule has 2 aromatic heterocycles. The van der Waals surface area contributed by atoms with Crippen molar-refractivity contribution < 1.29 is 19.6 Å². The van der Waals surface area contributed by atoms with E-state index in [0.29, 0.717) is 17.8 Å². The second-order valence-corrected chi connectivity index (χ2v) is 7.87. The molecule has 5 N–H and O–H groups in total. The third-order valence-electron chi connectivity index (χ3n) is 5.61. The lowest BCUT2D eigenvalue weighted by Crippen LogP contribution is -2.31. The Morgan fingerprint density at radius 3 is 2.89 bits per heavy atom. The molecule has 0 saturated carbocycles. The Labute approximate surface area is 198 Å². The van der Waals surface area contributed by atoms with Crippen LogP contribution in [0.15, 0.2) is 52.2 Å². The van der Waals surface area contributed by atoms with E-state index in [1.54, 1.807) is 0 Å². The minimum absolute atomic E-state index is 0.00276. The highest BCUT2D eigenvalue weighted by Crippen LogP contribution is 2.29. The van der Waals surface area contributed by atoms with Gasteiger partial charge >= 0.3 is 0 Å². The number of aromatic hydroxyl groups is 2. The Morgan fingerprint density at radius 2 is 2.09 bits per heavy atom. The van der Waals surface area contributed by atoms with Crippen LogP contribution in [0.25, 0.3) is 5.82 Å². The summed E-state index contributed by atoms with van der Waals surface area (Å²) in [5.74, 6) is -0.781. The number of phenols is 2. The summed E-state index contributed by atoms with van der Waals surface area (Å²) in [7, 11) is 0. The summed E-state index contributed by atoms with van der Waals surface area (Å²) in [6.45, 7) is 1.07. The topological polar surface area (TPSA) is 181 Å². The molecule has 0 aliphatic carbocycles. The molecule has 0 unspecified atom stereocenters. The maximum absolute atomic E-state index is 13.0. The number of hydrogen-bond donors (Lipinski definition) is 4. The van der Waals surface area contributed by atoms with Crippen LogP contribution in [0.3, 0.4) is 0 Å². The van der Waals surface area contributed by atoms with Gasteiger partial charge in [-0.15, -0.1) is 5.10 Å². The van der Waals surface area contributed by atoms with Crippen molar-refractivity contribution in [2.75, 3.05) is 17.2 Å². The summed E-state index contributed by atoms with van der Waals surface area (Å²) in [6, 6.07) is 12.1. The zero-order chi connectivity index (χ0) is 24.4. The molecule has 1 aliphatic rings. The minimum Gasteiger partial charge on any atom is -0.508 e. The smallest absolute Gasteiger partial charge is 0.293 e. The van der Waals surface area contributed by atoms with Gasteiger partial charge in [0, 0.05) is 23.9 Å². The van der Waals surface area contributed by atoms with Crippen molar-refractivity contribution in [1.29, 1.82) is 0 Å². The van der Waals surface area contributed by atoms with Crippen LogP contribution in [-0.2, 0) is 13.0 Å². The third-order valence-corrected chi connectivity index (χ3v) is 5.61. The van der Waals surface area contributed by atoms with E-state index >= 15 is 0 Å². The standard InChI is InChI=1S/C22H21N9O4/c23-20-21(28-35-27-20)31-17(12-30-9-3-5-13-4-1-2-6-16(13)30)19(25-29-31)22(34)26-24-11-14-7-8-15(32)10-18(14)33/h1-2,4,6-8,10-11,32-33H,3,5,9,12H2,(H2,23,27)(H,26,34)/b24-11-. The highest BCUT2D eigenvalue weighted by Gasteiger charge is 2.27. The van der Waals surface area contributed by atoms with Crippen LogP contribution in [0.5, 0.6) is 11.5 Å². The zero-order valence-electron chi connectivity index (χ0n) is 18.4. The summed E-state index contributed by atoms with van der Waals surface area (Å²) in [5.41, 5.74) is 11.3. The fourth-order valence-corrected chi connectivity index (χ4v) is 3.94. The number of nitrogens with two attached hydrogens (primary N) is 1. The van der Waals surface area contributed by atoms with Gasteiger partial charge < -0.3 is 20.8 Å². The van der Waals surface area contributed by atoms with Gasteiger partial charge in [-0.25, -0.2) is 10.1 Å². The first-order valence-electron chi connectivity index (χ1n) is 10.7. The number of amides is 1. The largest absolute Gasteiger partial charge is 0.508 e. The Balaban J connectivity index is 1.45. The Kier molecular flexibility index (Phi) is 5.71. The maximum atomic E-state index is 13.0. The second-order valence-electron chi connectivity index (χ2n) is 7.87. The number of para-hydroxylation sites is 1. The molecule has 13 nitrogen and oxygen atoms in total. The summed E-state index contributed by atoms with van der Waals surface area (Å²) in [6.07, 6.45) is 3.17. The monoisotopic (exact) mass is 475 g/mol. The van der Waals surface area contributed by atoms with Crippen molar-refractivity contribution in [2.45, 2.75) is 19.4 Å². The third kappa shape index (κ3) is 4.34. The number of carbonyl (C=O) groups is 1. The van der Waals surface area contributed by atoms with Gasteiger partial charge in [-0.2, -0.15) is 9.78 Å². The molecule has 0 atom stereocenters. The number of benzene rings is 2.